The fraction of sp³-hybridized carbons (Fsp3) is 0.273. The summed E-state index contributed by atoms with van der Waals surface area (Å²) in [6, 6.07) is 12.0. The van der Waals surface area contributed by atoms with Crippen LogP contribution in [0.15, 0.2) is 48.5 Å². The number of fused-ring (bicyclic) bond motifs is 1. The number of hydrogen-bond acceptors (Lipinski definition) is 6. The van der Waals surface area contributed by atoms with Gasteiger partial charge in [0.2, 0.25) is 5.91 Å². The number of imide groups is 1. The first kappa shape index (κ1) is 21.6. The summed E-state index contributed by atoms with van der Waals surface area (Å²) >= 11 is 1.51. The number of carbonyl (C=O) groups is 4. The van der Waals surface area contributed by atoms with Crippen LogP contribution in [-0.4, -0.2) is 53.2 Å². The van der Waals surface area contributed by atoms with Crippen LogP contribution in [0.1, 0.15) is 44.4 Å². The third-order valence-electron chi connectivity index (χ3n) is 4.72. The van der Waals surface area contributed by atoms with Crippen LogP contribution < -0.4 is 5.32 Å². The van der Waals surface area contributed by atoms with E-state index >= 15 is 0 Å². The van der Waals surface area contributed by atoms with Crippen molar-refractivity contribution in [2.24, 2.45) is 0 Å². The highest BCUT2D eigenvalue weighted by atomic mass is 32.2. The lowest BCUT2D eigenvalue weighted by atomic mass is 10.1. The maximum Gasteiger partial charge on any atom is 0.340 e. The normalized spacial score (nSPS) is 13.7. The Labute approximate surface area is 178 Å². The molecule has 1 atom stereocenters. The minimum absolute atomic E-state index is 0.201. The van der Waals surface area contributed by atoms with Gasteiger partial charge in [0.25, 0.3) is 11.8 Å². The Bertz CT molecular complexity index is 956. The van der Waals surface area contributed by atoms with Crippen LogP contribution >= 0.6 is 11.8 Å². The largest absolute Gasteiger partial charge is 0.462 e. The second-order valence-electron chi connectivity index (χ2n) is 6.58. The minimum atomic E-state index is -1.000. The topological polar surface area (TPSA) is 92.8 Å². The van der Waals surface area contributed by atoms with Crippen molar-refractivity contribution in [2.75, 3.05) is 23.9 Å². The molecular weight excluding hydrogens is 404 g/mol. The van der Waals surface area contributed by atoms with Crippen LogP contribution in [0.5, 0.6) is 0 Å². The molecule has 3 rings (SSSR count). The summed E-state index contributed by atoms with van der Waals surface area (Å²) in [5, 5.41) is 2.71. The number of amides is 3. The zero-order valence-electron chi connectivity index (χ0n) is 16.7. The summed E-state index contributed by atoms with van der Waals surface area (Å²) < 4.78 is 5.04. The highest BCUT2D eigenvalue weighted by Crippen LogP contribution is 2.27. The van der Waals surface area contributed by atoms with Crippen molar-refractivity contribution in [1.29, 1.82) is 0 Å². The first-order valence-electron chi connectivity index (χ1n) is 9.52. The van der Waals surface area contributed by atoms with Gasteiger partial charge in [-0.2, -0.15) is 11.8 Å². The van der Waals surface area contributed by atoms with E-state index in [1.807, 2.05) is 6.26 Å². The highest BCUT2D eigenvalue weighted by Gasteiger charge is 2.42. The number of para-hydroxylation sites is 1. The van der Waals surface area contributed by atoms with E-state index in [0.717, 1.165) is 4.90 Å². The van der Waals surface area contributed by atoms with Crippen molar-refractivity contribution in [3.63, 3.8) is 0 Å². The predicted molar refractivity (Wildman–Crippen MR) is 115 cm³/mol. The van der Waals surface area contributed by atoms with E-state index in [1.54, 1.807) is 55.5 Å². The van der Waals surface area contributed by atoms with Gasteiger partial charge in [0, 0.05) is 0 Å². The molecule has 0 saturated heterocycles. The SMILES string of the molecule is CCOC(=O)c1ccccc1NC(=O)[C@@H](CCSC)N1C(=O)c2ccccc2C1=O. The molecule has 1 N–H and O–H groups in total. The van der Waals surface area contributed by atoms with E-state index in [-0.39, 0.29) is 29.0 Å². The third kappa shape index (κ3) is 4.23. The fourth-order valence-corrected chi connectivity index (χ4v) is 3.75. The van der Waals surface area contributed by atoms with E-state index in [2.05, 4.69) is 5.32 Å². The Hall–Kier alpha value is -3.13. The van der Waals surface area contributed by atoms with Gasteiger partial charge in [-0.1, -0.05) is 24.3 Å². The molecule has 0 bridgehead atoms. The maximum absolute atomic E-state index is 13.2. The quantitative estimate of drug-likeness (QED) is 0.515. The summed E-state index contributed by atoms with van der Waals surface area (Å²) in [6.45, 7) is 1.90. The number of rotatable bonds is 8. The Balaban J connectivity index is 1.89. The smallest absolute Gasteiger partial charge is 0.340 e. The van der Waals surface area contributed by atoms with Crippen LogP contribution in [-0.2, 0) is 9.53 Å². The summed E-state index contributed by atoms with van der Waals surface area (Å²) in [5.41, 5.74) is 1.05. The van der Waals surface area contributed by atoms with Crippen molar-refractivity contribution >= 4 is 41.1 Å². The fourth-order valence-electron chi connectivity index (χ4n) is 3.29. The van der Waals surface area contributed by atoms with E-state index in [0.29, 0.717) is 12.2 Å². The summed E-state index contributed by atoms with van der Waals surface area (Å²) in [7, 11) is 0. The molecule has 0 saturated carbocycles. The highest BCUT2D eigenvalue weighted by molar-refractivity contribution is 7.98. The van der Waals surface area contributed by atoms with Crippen LogP contribution in [0, 0.1) is 0 Å². The van der Waals surface area contributed by atoms with Crippen molar-refractivity contribution in [1.82, 2.24) is 4.90 Å². The van der Waals surface area contributed by atoms with Gasteiger partial charge in [0.15, 0.2) is 0 Å². The van der Waals surface area contributed by atoms with Gasteiger partial charge in [-0.3, -0.25) is 19.3 Å². The molecule has 7 nitrogen and oxygen atoms in total. The first-order valence-corrected chi connectivity index (χ1v) is 10.9. The van der Waals surface area contributed by atoms with Crippen LogP contribution in [0.4, 0.5) is 5.69 Å². The number of thioether (sulfide) groups is 1. The molecule has 0 radical (unpaired) electrons. The minimum Gasteiger partial charge on any atom is -0.462 e. The molecular formula is C22H22N2O5S. The lowest BCUT2D eigenvalue weighted by molar-refractivity contribution is -0.120. The Morgan fingerprint density at radius 3 is 2.23 bits per heavy atom. The zero-order chi connectivity index (χ0) is 21.7. The van der Waals surface area contributed by atoms with E-state index < -0.39 is 29.7 Å². The number of nitrogens with zero attached hydrogens (tertiary/aromatic N) is 1. The maximum atomic E-state index is 13.2. The number of carbonyl (C=O) groups excluding carboxylic acids is 4. The summed E-state index contributed by atoms with van der Waals surface area (Å²) in [6.07, 6.45) is 2.17. The second-order valence-corrected chi connectivity index (χ2v) is 7.56. The van der Waals surface area contributed by atoms with Gasteiger partial charge in [-0.05, 0) is 49.6 Å². The molecule has 0 aromatic heterocycles. The number of benzene rings is 2. The molecule has 0 unspecified atom stereocenters. The Morgan fingerprint density at radius 1 is 1.03 bits per heavy atom. The zero-order valence-corrected chi connectivity index (χ0v) is 17.5. The average molecular weight is 426 g/mol. The molecule has 1 aliphatic rings. The van der Waals surface area contributed by atoms with Gasteiger partial charge in [-0.15, -0.1) is 0 Å². The molecule has 30 heavy (non-hydrogen) atoms. The molecule has 156 valence electrons. The van der Waals surface area contributed by atoms with Crippen LogP contribution in [0.3, 0.4) is 0 Å². The lowest BCUT2D eigenvalue weighted by Crippen LogP contribution is -2.47. The monoisotopic (exact) mass is 426 g/mol. The number of esters is 1. The van der Waals surface area contributed by atoms with E-state index in [1.165, 1.54) is 11.8 Å². The number of hydrogen-bond donors (Lipinski definition) is 1. The number of nitrogens with one attached hydrogen (secondary N) is 1. The molecule has 0 aliphatic carbocycles. The summed E-state index contributed by atoms with van der Waals surface area (Å²) in [4.78, 5) is 52.1. The van der Waals surface area contributed by atoms with Gasteiger partial charge < -0.3 is 10.1 Å². The van der Waals surface area contributed by atoms with Crippen molar-refractivity contribution in [3.05, 3.63) is 65.2 Å². The number of anilines is 1. The Morgan fingerprint density at radius 2 is 1.63 bits per heavy atom. The standard InChI is InChI=1S/C22H22N2O5S/c1-3-29-22(28)16-10-6-7-11-17(16)23-19(25)18(12-13-30-2)24-20(26)14-8-4-5-9-15(14)21(24)27/h4-11,18H,3,12-13H2,1-2H3,(H,23,25)/t18-/m1/s1. The molecule has 3 amide bonds. The van der Waals surface area contributed by atoms with Crippen molar-refractivity contribution < 1.29 is 23.9 Å². The molecule has 0 fully saturated rings. The lowest BCUT2D eigenvalue weighted by Gasteiger charge is -2.25. The van der Waals surface area contributed by atoms with Crippen LogP contribution in [0.2, 0.25) is 0 Å². The van der Waals surface area contributed by atoms with Crippen molar-refractivity contribution in [3.8, 4) is 0 Å². The molecule has 8 heteroatoms. The predicted octanol–water partition coefficient (Wildman–Crippen LogP) is 3.22. The molecule has 1 heterocycles. The third-order valence-corrected chi connectivity index (χ3v) is 5.36. The van der Waals surface area contributed by atoms with Crippen LogP contribution in [0.25, 0.3) is 0 Å². The van der Waals surface area contributed by atoms with E-state index in [4.69, 9.17) is 4.74 Å². The molecule has 2 aromatic carbocycles. The molecule has 1 aliphatic heterocycles. The first-order chi connectivity index (χ1) is 14.5. The summed E-state index contributed by atoms with van der Waals surface area (Å²) in [5.74, 6) is -1.50. The van der Waals surface area contributed by atoms with Gasteiger partial charge in [-0.25, -0.2) is 4.79 Å². The molecule has 0 spiro atoms. The van der Waals surface area contributed by atoms with Gasteiger partial charge >= 0.3 is 5.97 Å². The number of ether oxygens (including phenoxy) is 1. The Kier molecular flexibility index (Phi) is 6.89. The van der Waals surface area contributed by atoms with E-state index in [9.17, 15) is 19.2 Å². The van der Waals surface area contributed by atoms with Gasteiger partial charge in [0.05, 0.1) is 29.0 Å². The second kappa shape index (κ2) is 9.58. The van der Waals surface area contributed by atoms with Gasteiger partial charge in [0.1, 0.15) is 6.04 Å². The molecule has 2 aromatic rings. The average Bonchev–Trinajstić information content (AvgIpc) is 3.00. The van der Waals surface area contributed by atoms with Crippen molar-refractivity contribution in [2.45, 2.75) is 19.4 Å².